The molecule has 3 aromatic rings. The molecular formula is C13H8BrCl3N2S. The zero-order valence-corrected chi connectivity index (χ0v) is 14.7. The van der Waals surface area contributed by atoms with Gasteiger partial charge in [0.25, 0.3) is 0 Å². The molecule has 20 heavy (non-hydrogen) atoms. The Balaban J connectivity index is 2.17. The van der Waals surface area contributed by atoms with Crippen LogP contribution in [-0.4, -0.2) is 9.55 Å². The van der Waals surface area contributed by atoms with Gasteiger partial charge in [-0.25, -0.2) is 4.98 Å². The fourth-order valence-electron chi connectivity index (χ4n) is 2.03. The van der Waals surface area contributed by atoms with E-state index in [-0.39, 0.29) is 0 Å². The summed E-state index contributed by atoms with van der Waals surface area (Å²) in [6.45, 7) is 0.703. The molecule has 3 rings (SSSR count). The van der Waals surface area contributed by atoms with Crippen molar-refractivity contribution < 1.29 is 0 Å². The lowest BCUT2D eigenvalue weighted by atomic mass is 10.3. The van der Waals surface area contributed by atoms with Crippen LogP contribution in [0.15, 0.2) is 28.1 Å². The number of hydrogen-bond acceptors (Lipinski definition) is 2. The second-order valence-electron chi connectivity index (χ2n) is 4.19. The number of halogens is 4. The van der Waals surface area contributed by atoms with Crippen LogP contribution in [0.4, 0.5) is 0 Å². The van der Waals surface area contributed by atoms with Crippen LogP contribution in [0.25, 0.3) is 11.0 Å². The summed E-state index contributed by atoms with van der Waals surface area (Å²) in [7, 11) is 0. The predicted molar refractivity (Wildman–Crippen MR) is 90.4 cm³/mol. The van der Waals surface area contributed by atoms with E-state index in [9.17, 15) is 0 Å². The first kappa shape index (κ1) is 14.7. The Labute approximate surface area is 143 Å². The van der Waals surface area contributed by atoms with Crippen molar-refractivity contribution in [3.05, 3.63) is 48.8 Å². The van der Waals surface area contributed by atoms with Crippen molar-refractivity contribution >= 4 is 73.1 Å². The van der Waals surface area contributed by atoms with Crippen molar-refractivity contribution in [2.45, 2.75) is 12.4 Å². The first-order chi connectivity index (χ1) is 9.60. The van der Waals surface area contributed by atoms with Gasteiger partial charge >= 0.3 is 0 Å². The number of hydrogen-bond donors (Lipinski definition) is 0. The van der Waals surface area contributed by atoms with Gasteiger partial charge in [-0.15, -0.1) is 22.9 Å². The summed E-state index contributed by atoms with van der Waals surface area (Å²) in [6.07, 6.45) is 0. The second kappa shape index (κ2) is 5.85. The van der Waals surface area contributed by atoms with Crippen LogP contribution in [0, 0.1) is 0 Å². The summed E-state index contributed by atoms with van der Waals surface area (Å²) >= 11 is 23.4. The molecule has 0 atom stereocenters. The molecule has 104 valence electrons. The lowest BCUT2D eigenvalue weighted by Crippen LogP contribution is -2.02. The highest BCUT2D eigenvalue weighted by molar-refractivity contribution is 9.10. The number of nitrogens with zero attached hydrogens (tertiary/aromatic N) is 2. The predicted octanol–water partition coefficient (Wildman–Crippen LogP) is 5.95. The fourth-order valence-corrected chi connectivity index (χ4v) is 4.02. The molecular weight excluding hydrogens is 402 g/mol. The highest BCUT2D eigenvalue weighted by Crippen LogP contribution is 2.31. The van der Waals surface area contributed by atoms with Crippen LogP contribution in [-0.2, 0) is 12.4 Å². The molecule has 0 aliphatic heterocycles. The van der Waals surface area contributed by atoms with Gasteiger partial charge in [-0.2, -0.15) is 0 Å². The summed E-state index contributed by atoms with van der Waals surface area (Å²) in [5.74, 6) is 1.15. The lowest BCUT2D eigenvalue weighted by Gasteiger charge is -2.07. The van der Waals surface area contributed by atoms with E-state index in [2.05, 4.69) is 25.5 Å². The van der Waals surface area contributed by atoms with Crippen LogP contribution in [0.2, 0.25) is 10.0 Å². The molecule has 0 saturated carbocycles. The highest BCUT2D eigenvalue weighted by atomic mass is 79.9. The van der Waals surface area contributed by atoms with E-state index < -0.39 is 0 Å². The van der Waals surface area contributed by atoms with Gasteiger partial charge in [-0.05, 0) is 39.5 Å². The molecule has 0 saturated heterocycles. The maximum Gasteiger partial charge on any atom is 0.125 e. The van der Waals surface area contributed by atoms with Crippen LogP contribution in [0.3, 0.4) is 0 Å². The summed E-state index contributed by atoms with van der Waals surface area (Å²) in [6, 6.07) is 5.64. The van der Waals surface area contributed by atoms with Crippen molar-refractivity contribution in [1.82, 2.24) is 9.55 Å². The standard InChI is InChI=1S/C13H8BrCl3N2S/c14-7-1-2-20-12(7)6-19-11-4-9(17)8(16)3-10(11)18-13(19)5-15/h1-4H,5-6H2. The Hall–Kier alpha value is -0.260. The SMILES string of the molecule is ClCc1nc2cc(Cl)c(Cl)cc2n1Cc1sccc1Br. The Kier molecular flexibility index (Phi) is 4.29. The average Bonchev–Trinajstić information content (AvgIpc) is 2.96. The van der Waals surface area contributed by atoms with Gasteiger partial charge in [0.15, 0.2) is 0 Å². The molecule has 0 aliphatic carbocycles. The van der Waals surface area contributed by atoms with Gasteiger partial charge in [0.2, 0.25) is 0 Å². The molecule has 0 radical (unpaired) electrons. The minimum Gasteiger partial charge on any atom is -0.322 e. The third-order valence-corrected chi connectivity index (χ3v) is 5.85. The van der Waals surface area contributed by atoms with Gasteiger partial charge in [-0.1, -0.05) is 23.2 Å². The number of alkyl halides is 1. The zero-order valence-electron chi connectivity index (χ0n) is 10.0. The molecule has 0 unspecified atom stereocenters. The first-order valence-corrected chi connectivity index (χ1v) is 8.68. The van der Waals surface area contributed by atoms with Crippen molar-refractivity contribution in [2.75, 3.05) is 0 Å². The van der Waals surface area contributed by atoms with Crippen LogP contribution in [0.5, 0.6) is 0 Å². The molecule has 7 heteroatoms. The van der Waals surface area contributed by atoms with E-state index in [0.29, 0.717) is 22.5 Å². The van der Waals surface area contributed by atoms with Crippen molar-refractivity contribution in [1.29, 1.82) is 0 Å². The van der Waals surface area contributed by atoms with Gasteiger partial charge in [0, 0.05) is 9.35 Å². The molecule has 0 bridgehead atoms. The number of aromatic nitrogens is 2. The van der Waals surface area contributed by atoms with Crippen molar-refractivity contribution in [3.63, 3.8) is 0 Å². The Morgan fingerprint density at radius 2 is 2.00 bits per heavy atom. The highest BCUT2D eigenvalue weighted by Gasteiger charge is 2.14. The largest absolute Gasteiger partial charge is 0.322 e. The number of rotatable bonds is 3. The van der Waals surface area contributed by atoms with Crippen LogP contribution in [0.1, 0.15) is 10.7 Å². The Morgan fingerprint density at radius 3 is 2.65 bits per heavy atom. The number of imidazole rings is 1. The fraction of sp³-hybridized carbons (Fsp3) is 0.154. The van der Waals surface area contributed by atoms with E-state index in [4.69, 9.17) is 34.8 Å². The minimum atomic E-state index is 0.340. The van der Waals surface area contributed by atoms with Crippen molar-refractivity contribution in [2.24, 2.45) is 0 Å². The normalized spacial score (nSPS) is 11.4. The number of thiophene rings is 1. The van der Waals surface area contributed by atoms with E-state index in [1.807, 2.05) is 17.5 Å². The Morgan fingerprint density at radius 1 is 1.25 bits per heavy atom. The van der Waals surface area contributed by atoms with E-state index >= 15 is 0 Å². The molecule has 0 spiro atoms. The molecule has 0 amide bonds. The molecule has 2 aromatic heterocycles. The van der Waals surface area contributed by atoms with E-state index in [0.717, 1.165) is 21.3 Å². The van der Waals surface area contributed by atoms with Gasteiger partial charge in [0.05, 0.1) is 33.5 Å². The molecule has 1 aromatic carbocycles. The van der Waals surface area contributed by atoms with Crippen molar-refractivity contribution in [3.8, 4) is 0 Å². The monoisotopic (exact) mass is 408 g/mol. The lowest BCUT2D eigenvalue weighted by molar-refractivity contribution is 0.787. The maximum absolute atomic E-state index is 6.11. The topological polar surface area (TPSA) is 17.8 Å². The molecule has 0 fully saturated rings. The smallest absolute Gasteiger partial charge is 0.125 e. The van der Waals surface area contributed by atoms with E-state index in [1.165, 1.54) is 4.88 Å². The summed E-state index contributed by atoms with van der Waals surface area (Å²) in [5.41, 5.74) is 1.75. The van der Waals surface area contributed by atoms with Crippen LogP contribution >= 0.6 is 62.1 Å². The molecule has 2 nitrogen and oxygen atoms in total. The maximum atomic E-state index is 6.11. The third-order valence-electron chi connectivity index (χ3n) is 2.98. The summed E-state index contributed by atoms with van der Waals surface area (Å²) < 4.78 is 3.16. The number of benzene rings is 1. The van der Waals surface area contributed by atoms with Gasteiger partial charge in [-0.3, -0.25) is 0 Å². The first-order valence-electron chi connectivity index (χ1n) is 5.72. The van der Waals surface area contributed by atoms with Crippen LogP contribution < -0.4 is 0 Å². The van der Waals surface area contributed by atoms with Gasteiger partial charge < -0.3 is 4.57 Å². The molecule has 0 N–H and O–H groups in total. The average molecular weight is 411 g/mol. The Bertz CT molecular complexity index is 781. The second-order valence-corrected chi connectivity index (χ2v) is 7.13. The zero-order chi connectivity index (χ0) is 14.3. The van der Waals surface area contributed by atoms with Gasteiger partial charge in [0.1, 0.15) is 5.82 Å². The summed E-state index contributed by atoms with van der Waals surface area (Å²) in [5, 5.41) is 3.07. The quantitative estimate of drug-likeness (QED) is 0.488. The molecule has 0 aliphatic rings. The van der Waals surface area contributed by atoms with E-state index in [1.54, 1.807) is 17.4 Å². The number of fused-ring (bicyclic) bond motifs is 1. The minimum absolute atomic E-state index is 0.340. The third kappa shape index (κ3) is 2.60. The summed E-state index contributed by atoms with van der Waals surface area (Å²) in [4.78, 5) is 5.73. The molecule has 2 heterocycles.